The molecule has 1 fully saturated rings. The van der Waals surface area contributed by atoms with Crippen molar-refractivity contribution in [1.29, 1.82) is 0 Å². The van der Waals surface area contributed by atoms with Crippen molar-refractivity contribution in [2.75, 3.05) is 0 Å². The maximum atomic E-state index is 14.4. The highest BCUT2D eigenvalue weighted by Gasteiger charge is 2.41. The molecular formula is C19H25F3N4. The van der Waals surface area contributed by atoms with Crippen molar-refractivity contribution in [3.8, 4) is 0 Å². The first-order valence-electron chi connectivity index (χ1n) is 9.22. The molecule has 4 nitrogen and oxygen atoms in total. The van der Waals surface area contributed by atoms with E-state index in [0.717, 1.165) is 50.0 Å². The smallest absolute Gasteiger partial charge is 0.164 e. The zero-order valence-electron chi connectivity index (χ0n) is 15.1. The van der Waals surface area contributed by atoms with Crippen LogP contribution >= 0.6 is 0 Å². The van der Waals surface area contributed by atoms with Crippen LogP contribution in [0.25, 0.3) is 0 Å². The van der Waals surface area contributed by atoms with Gasteiger partial charge in [-0.3, -0.25) is 10.00 Å². The molecule has 3 aliphatic rings. The number of hydrogen-bond donors (Lipinski definition) is 2. The van der Waals surface area contributed by atoms with Crippen molar-refractivity contribution in [1.82, 2.24) is 15.1 Å². The highest BCUT2D eigenvalue weighted by Crippen LogP contribution is 2.41. The largest absolute Gasteiger partial charge is 0.327 e. The lowest BCUT2D eigenvalue weighted by atomic mass is 9.74. The number of aromatic nitrogens is 2. The van der Waals surface area contributed by atoms with Crippen LogP contribution in [0.5, 0.6) is 0 Å². The second-order valence-electron chi connectivity index (χ2n) is 8.08. The predicted molar refractivity (Wildman–Crippen MR) is 93.4 cm³/mol. The molecule has 0 radical (unpaired) electrons. The average Bonchev–Trinajstić information content (AvgIpc) is 3.13. The van der Waals surface area contributed by atoms with Crippen LogP contribution < -0.4 is 5.73 Å². The molecule has 3 N–H and O–H groups in total. The third kappa shape index (κ3) is 2.91. The SMILES string of the molecule is Cc1[nH]nc2c1CN([C@H]1CC[C@H](C3=CC(F)C(C)(F)C=C3F)C(N)C1)C2. The predicted octanol–water partition coefficient (Wildman–Crippen LogP) is 3.39. The molecule has 1 aliphatic heterocycles. The van der Waals surface area contributed by atoms with E-state index in [0.29, 0.717) is 18.9 Å². The molecule has 0 saturated heterocycles. The van der Waals surface area contributed by atoms with Crippen LogP contribution in [0.2, 0.25) is 0 Å². The number of H-pyrrole nitrogens is 1. The van der Waals surface area contributed by atoms with Gasteiger partial charge in [0.05, 0.1) is 5.69 Å². The summed E-state index contributed by atoms with van der Waals surface area (Å²) < 4.78 is 42.4. The first kappa shape index (κ1) is 17.8. The number of rotatable bonds is 2. The molecule has 1 aromatic rings. The number of aromatic amines is 1. The summed E-state index contributed by atoms with van der Waals surface area (Å²) in [6, 6.07) is 0.0320. The number of aryl methyl sites for hydroxylation is 1. The quantitative estimate of drug-likeness (QED) is 0.844. The lowest BCUT2D eigenvalue weighted by molar-refractivity contribution is 0.122. The van der Waals surface area contributed by atoms with Crippen LogP contribution in [0.4, 0.5) is 13.2 Å². The van der Waals surface area contributed by atoms with Gasteiger partial charge in [0, 0.05) is 42.3 Å². The molecule has 2 aliphatic carbocycles. The summed E-state index contributed by atoms with van der Waals surface area (Å²) in [4.78, 5) is 2.37. The number of nitrogens with zero attached hydrogens (tertiary/aromatic N) is 2. The fraction of sp³-hybridized carbons (Fsp3) is 0.632. The minimum atomic E-state index is -2.29. The standard InChI is InChI=1S/C19H25F3N4/c1-10-14-8-26(9-17(14)25-24-10)11-3-4-12(16(23)5-11)13-6-18(21)19(2,22)7-15(13)20/h6-7,11-12,16,18H,3-5,8-9,23H2,1-2H3,(H,24,25)/t11-,12+,16?,18?,19?/m0/s1. The van der Waals surface area contributed by atoms with E-state index in [9.17, 15) is 13.2 Å². The molecule has 142 valence electrons. The summed E-state index contributed by atoms with van der Waals surface area (Å²) in [6.45, 7) is 4.73. The summed E-state index contributed by atoms with van der Waals surface area (Å²) in [5.74, 6) is -0.932. The van der Waals surface area contributed by atoms with Crippen LogP contribution in [0.1, 0.15) is 43.1 Å². The minimum absolute atomic E-state index is 0.240. The van der Waals surface area contributed by atoms with E-state index in [1.807, 2.05) is 6.92 Å². The van der Waals surface area contributed by atoms with Gasteiger partial charge in [-0.15, -0.1) is 0 Å². The number of hydrogen-bond acceptors (Lipinski definition) is 3. The maximum Gasteiger partial charge on any atom is 0.164 e. The molecule has 4 rings (SSSR count). The van der Waals surface area contributed by atoms with Gasteiger partial charge >= 0.3 is 0 Å². The second kappa shape index (κ2) is 6.23. The average molecular weight is 366 g/mol. The monoisotopic (exact) mass is 366 g/mol. The van der Waals surface area contributed by atoms with Crippen molar-refractivity contribution >= 4 is 0 Å². The second-order valence-corrected chi connectivity index (χ2v) is 8.08. The lowest BCUT2D eigenvalue weighted by Crippen LogP contribution is -2.46. The molecule has 5 atom stereocenters. The molecule has 1 aromatic heterocycles. The summed E-state index contributed by atoms with van der Waals surface area (Å²) in [7, 11) is 0. The van der Waals surface area contributed by atoms with Crippen LogP contribution in [0.15, 0.2) is 23.6 Å². The zero-order valence-corrected chi connectivity index (χ0v) is 15.1. The fourth-order valence-electron chi connectivity index (χ4n) is 4.56. The van der Waals surface area contributed by atoms with Crippen LogP contribution in [-0.4, -0.2) is 39.0 Å². The van der Waals surface area contributed by atoms with Crippen LogP contribution in [0.3, 0.4) is 0 Å². The van der Waals surface area contributed by atoms with Crippen molar-refractivity contribution in [2.24, 2.45) is 11.7 Å². The third-order valence-electron chi connectivity index (χ3n) is 6.21. The number of halogens is 3. The van der Waals surface area contributed by atoms with E-state index in [1.165, 1.54) is 5.56 Å². The van der Waals surface area contributed by atoms with Crippen molar-refractivity contribution in [3.05, 3.63) is 40.5 Å². The number of allylic oxidation sites excluding steroid dienone is 3. The van der Waals surface area contributed by atoms with Gasteiger partial charge in [0.2, 0.25) is 0 Å². The number of nitrogens with one attached hydrogen (secondary N) is 1. The Kier molecular flexibility index (Phi) is 4.27. The number of alkyl halides is 2. The molecule has 2 heterocycles. The van der Waals surface area contributed by atoms with Gasteiger partial charge in [-0.05, 0) is 50.8 Å². The van der Waals surface area contributed by atoms with E-state index in [1.54, 1.807) is 0 Å². The fourth-order valence-corrected chi connectivity index (χ4v) is 4.56. The van der Waals surface area contributed by atoms with Gasteiger partial charge in [0.15, 0.2) is 11.8 Å². The van der Waals surface area contributed by atoms with E-state index >= 15 is 0 Å². The summed E-state index contributed by atoms with van der Waals surface area (Å²) in [5, 5.41) is 7.35. The van der Waals surface area contributed by atoms with Gasteiger partial charge in [0.25, 0.3) is 0 Å². The lowest BCUT2D eigenvalue weighted by Gasteiger charge is -2.40. The van der Waals surface area contributed by atoms with Gasteiger partial charge in [-0.25, -0.2) is 13.2 Å². The Labute approximate surface area is 151 Å². The molecule has 0 amide bonds. The van der Waals surface area contributed by atoms with E-state index in [-0.39, 0.29) is 17.5 Å². The highest BCUT2D eigenvalue weighted by molar-refractivity contribution is 5.38. The molecule has 3 unspecified atom stereocenters. The Balaban J connectivity index is 1.44. The normalized spacial score (nSPS) is 38.1. The molecule has 0 bridgehead atoms. The molecule has 0 aromatic carbocycles. The number of nitrogens with two attached hydrogens (primary N) is 1. The minimum Gasteiger partial charge on any atom is -0.327 e. The Morgan fingerprint density at radius 3 is 2.81 bits per heavy atom. The Bertz CT molecular complexity index is 767. The van der Waals surface area contributed by atoms with Crippen molar-refractivity contribution in [2.45, 2.75) is 70.1 Å². The summed E-state index contributed by atoms with van der Waals surface area (Å²) in [5.41, 5.74) is 7.75. The maximum absolute atomic E-state index is 14.4. The Morgan fingerprint density at radius 1 is 1.35 bits per heavy atom. The van der Waals surface area contributed by atoms with Gasteiger partial charge in [-0.1, -0.05) is 0 Å². The van der Waals surface area contributed by atoms with Crippen LogP contribution in [0, 0.1) is 12.8 Å². The van der Waals surface area contributed by atoms with Gasteiger partial charge in [0.1, 0.15) is 5.83 Å². The zero-order chi connectivity index (χ0) is 18.6. The molecule has 0 spiro atoms. The molecule has 26 heavy (non-hydrogen) atoms. The third-order valence-corrected chi connectivity index (χ3v) is 6.21. The molecule has 1 saturated carbocycles. The Hall–Kier alpha value is -1.60. The first-order chi connectivity index (χ1) is 12.3. The van der Waals surface area contributed by atoms with E-state index < -0.39 is 17.7 Å². The van der Waals surface area contributed by atoms with Gasteiger partial charge < -0.3 is 5.73 Å². The molecular weight excluding hydrogens is 341 g/mol. The van der Waals surface area contributed by atoms with Crippen LogP contribution in [-0.2, 0) is 13.1 Å². The van der Waals surface area contributed by atoms with E-state index in [2.05, 4.69) is 15.1 Å². The summed E-state index contributed by atoms with van der Waals surface area (Å²) in [6.07, 6.45) is 2.27. The van der Waals surface area contributed by atoms with Crippen molar-refractivity contribution < 1.29 is 13.2 Å². The first-order valence-corrected chi connectivity index (χ1v) is 9.22. The Morgan fingerprint density at radius 2 is 2.12 bits per heavy atom. The number of fused-ring (bicyclic) bond motifs is 1. The van der Waals surface area contributed by atoms with Gasteiger partial charge in [-0.2, -0.15) is 5.10 Å². The highest BCUT2D eigenvalue weighted by atomic mass is 19.2. The summed E-state index contributed by atoms with van der Waals surface area (Å²) >= 11 is 0. The molecule has 7 heteroatoms. The topological polar surface area (TPSA) is 57.9 Å². The van der Waals surface area contributed by atoms with E-state index in [4.69, 9.17) is 5.73 Å². The van der Waals surface area contributed by atoms with Crippen molar-refractivity contribution in [3.63, 3.8) is 0 Å².